The van der Waals surface area contributed by atoms with Gasteiger partial charge in [-0.3, -0.25) is 34.3 Å². The molecule has 12 saturated heterocycles. The summed E-state index contributed by atoms with van der Waals surface area (Å²) in [5.41, 5.74) is 3.34. The van der Waals surface area contributed by atoms with Crippen LogP contribution in [0.3, 0.4) is 0 Å². The summed E-state index contributed by atoms with van der Waals surface area (Å²) in [5, 5.41) is 0. The van der Waals surface area contributed by atoms with E-state index >= 15 is 0 Å². The van der Waals surface area contributed by atoms with Crippen molar-refractivity contribution in [3.8, 4) is 0 Å². The van der Waals surface area contributed by atoms with Gasteiger partial charge in [0.25, 0.3) is 0 Å². The summed E-state index contributed by atoms with van der Waals surface area (Å²) >= 11 is 0. The Morgan fingerprint density at radius 2 is 0.417 bits per heavy atom. The van der Waals surface area contributed by atoms with E-state index in [1.54, 1.807) is 0 Å². The van der Waals surface area contributed by atoms with Gasteiger partial charge in [-0.25, -0.2) is 0 Å². The van der Waals surface area contributed by atoms with Gasteiger partial charge in [-0.15, -0.1) is 0 Å². The van der Waals surface area contributed by atoms with Crippen LogP contribution < -0.4 is 0 Å². The minimum absolute atomic E-state index is 0.417. The first-order valence-electron chi connectivity index (χ1n) is 42.3. The molecule has 12 fully saturated rings. The molecule has 564 valence electrons. The van der Waals surface area contributed by atoms with Crippen molar-refractivity contribution in [2.75, 3.05) is 124 Å². The lowest BCUT2D eigenvalue weighted by Gasteiger charge is -2.53. The van der Waals surface area contributed by atoms with Crippen molar-refractivity contribution in [2.24, 2.45) is 10.8 Å². The van der Waals surface area contributed by atoms with Crippen LogP contribution in [0.2, 0.25) is 0 Å². The zero-order chi connectivity index (χ0) is 70.6. The van der Waals surface area contributed by atoms with Crippen molar-refractivity contribution in [1.29, 1.82) is 0 Å². The highest BCUT2D eigenvalue weighted by atomic mass is 15.4. The Kier molecular flexibility index (Phi) is 31.9. The van der Waals surface area contributed by atoms with E-state index in [4.69, 9.17) is 0 Å². The number of nitrogens with zero attached hydrogens (tertiary/aromatic N) is 12. The molecule has 0 aliphatic carbocycles. The number of likely N-dealkylation sites (tertiary alicyclic amines) is 12. The second kappa shape index (κ2) is 37.0. The van der Waals surface area contributed by atoms with Gasteiger partial charge in [0.1, 0.15) is 0 Å². The summed E-state index contributed by atoms with van der Waals surface area (Å²) in [7, 11) is 0. The fraction of sp³-hybridized carbons (Fsp3) is 1.00. The highest BCUT2D eigenvalue weighted by Gasteiger charge is 2.51. The zero-order valence-corrected chi connectivity index (χ0v) is 69.0. The van der Waals surface area contributed by atoms with Crippen LogP contribution in [0.25, 0.3) is 0 Å². The second-order valence-electron chi connectivity index (χ2n) is 37.9. The lowest BCUT2D eigenvalue weighted by atomic mass is 9.77. The van der Waals surface area contributed by atoms with Crippen molar-refractivity contribution in [1.82, 2.24) is 58.8 Å². The molecule has 96 heavy (non-hydrogen) atoms. The molecular weight excluding hydrogens is 1180 g/mol. The maximum absolute atomic E-state index is 2.79. The predicted octanol–water partition coefficient (Wildman–Crippen LogP) is 16.5. The lowest BCUT2D eigenvalue weighted by molar-refractivity contribution is -0.0893. The summed E-state index contributed by atoms with van der Waals surface area (Å²) < 4.78 is 0. The third-order valence-corrected chi connectivity index (χ3v) is 27.9. The van der Waals surface area contributed by atoms with E-state index in [0.29, 0.717) is 57.3 Å². The molecule has 0 amide bonds. The van der Waals surface area contributed by atoms with E-state index in [1.807, 2.05) is 0 Å². The standard InChI is InChI=1S/6C14H28N2/c1-12(2)15-8-5-14(6-9-15)7-10-16(11-14)13(3)4;1-12(2)15-9-5-7-14(11-15)8-6-10-16(14)13(3)4;1-12(2)15-10-7-14(8-11-15)6-5-9-16(14)13(3)4;1-12(2)15-8-5-6-14(10-15)7-9-16(11-14)13(3)4;1-12(2)15-10-6-5-8-14(15)9-7-11-16(14)13(3)4;1-12(2)15-10-8-14(11-15)7-5-6-9-16(14)13(3)4/h6*12-13H,5-11H2,1-4H3. The number of piperidine rings is 6. The summed E-state index contributed by atoms with van der Waals surface area (Å²) in [6, 6.07) is 8.64. The third kappa shape index (κ3) is 20.9. The van der Waals surface area contributed by atoms with Gasteiger partial charge in [0, 0.05) is 155 Å². The van der Waals surface area contributed by atoms with Gasteiger partial charge in [0.05, 0.1) is 5.66 Å². The Balaban J connectivity index is 0.000000163. The minimum Gasteiger partial charge on any atom is -0.301 e. The third-order valence-electron chi connectivity index (χ3n) is 27.9. The topological polar surface area (TPSA) is 38.9 Å². The normalized spacial score (nSPS) is 31.4. The van der Waals surface area contributed by atoms with Gasteiger partial charge in [-0.05, 0) is 377 Å². The first-order valence-corrected chi connectivity index (χ1v) is 42.3. The smallest absolute Gasteiger partial charge is 0.0742 e. The average molecular weight is 1350 g/mol. The van der Waals surface area contributed by atoms with Crippen molar-refractivity contribution in [3.05, 3.63) is 0 Å². The van der Waals surface area contributed by atoms with Gasteiger partial charge in [0.2, 0.25) is 0 Å². The second-order valence-corrected chi connectivity index (χ2v) is 37.9. The largest absolute Gasteiger partial charge is 0.301 e. The molecule has 4 atom stereocenters. The molecular formula is C84H168N12. The molecule has 12 aliphatic heterocycles. The Morgan fingerprint density at radius 3 is 0.844 bits per heavy atom. The Hall–Kier alpha value is -0.480. The van der Waals surface area contributed by atoms with Gasteiger partial charge >= 0.3 is 0 Å². The highest BCUT2D eigenvalue weighted by molar-refractivity contribution is 5.06. The molecule has 0 aromatic heterocycles. The van der Waals surface area contributed by atoms with E-state index < -0.39 is 0 Å². The van der Waals surface area contributed by atoms with Crippen molar-refractivity contribution >= 4 is 0 Å². The Labute approximate surface area is 599 Å². The molecule has 6 spiro atoms. The first kappa shape index (κ1) is 82.8. The molecule has 12 heterocycles. The maximum Gasteiger partial charge on any atom is 0.0742 e. The van der Waals surface area contributed by atoms with E-state index in [9.17, 15) is 0 Å². The molecule has 0 bridgehead atoms. The molecule has 0 saturated carbocycles. The molecule has 4 unspecified atom stereocenters. The van der Waals surface area contributed by atoms with Crippen LogP contribution in [0.1, 0.15) is 314 Å². The average Bonchev–Trinajstić information content (AvgIpc) is 1.53. The molecule has 0 aromatic carbocycles. The molecule has 12 aliphatic rings. The predicted molar refractivity (Wildman–Crippen MR) is 418 cm³/mol. The summed E-state index contributed by atoms with van der Waals surface area (Å²) in [6.45, 7) is 81.4. The van der Waals surface area contributed by atoms with E-state index in [1.165, 1.54) is 272 Å². The van der Waals surface area contributed by atoms with Crippen molar-refractivity contribution < 1.29 is 0 Å². The molecule has 12 rings (SSSR count). The summed E-state index contributed by atoms with van der Waals surface area (Å²) in [4.78, 5) is 32.6. The number of hydrogen-bond acceptors (Lipinski definition) is 12. The first-order chi connectivity index (χ1) is 45.3. The van der Waals surface area contributed by atoms with Gasteiger partial charge < -0.3 is 24.5 Å². The van der Waals surface area contributed by atoms with Gasteiger partial charge in [0.15, 0.2) is 0 Å². The van der Waals surface area contributed by atoms with Gasteiger partial charge in [-0.1, -0.05) is 6.42 Å². The van der Waals surface area contributed by atoms with Crippen LogP contribution in [-0.2, 0) is 0 Å². The van der Waals surface area contributed by atoms with Crippen molar-refractivity contribution in [3.63, 3.8) is 0 Å². The van der Waals surface area contributed by atoms with E-state index in [0.717, 1.165) is 48.3 Å². The molecule has 0 radical (unpaired) electrons. The zero-order valence-electron chi connectivity index (χ0n) is 69.0. The summed E-state index contributed by atoms with van der Waals surface area (Å²) in [6.07, 6.45) is 32.5. The van der Waals surface area contributed by atoms with Crippen LogP contribution >= 0.6 is 0 Å². The summed E-state index contributed by atoms with van der Waals surface area (Å²) in [5.74, 6) is 0. The van der Waals surface area contributed by atoms with E-state index in [2.05, 4.69) is 225 Å². The van der Waals surface area contributed by atoms with Crippen LogP contribution in [0.15, 0.2) is 0 Å². The number of hydrogen-bond donors (Lipinski definition) is 0. The Bertz CT molecular complexity index is 2180. The number of rotatable bonds is 12. The highest BCUT2D eigenvalue weighted by Crippen LogP contribution is 2.46. The van der Waals surface area contributed by atoms with Crippen LogP contribution in [0, 0.1) is 10.8 Å². The van der Waals surface area contributed by atoms with E-state index in [-0.39, 0.29) is 0 Å². The molecule has 12 nitrogen and oxygen atoms in total. The maximum atomic E-state index is 2.79. The quantitative estimate of drug-likeness (QED) is 0.187. The Morgan fingerprint density at radius 1 is 0.167 bits per heavy atom. The van der Waals surface area contributed by atoms with Crippen LogP contribution in [0.4, 0.5) is 0 Å². The van der Waals surface area contributed by atoms with Crippen molar-refractivity contribution in [2.45, 2.75) is 409 Å². The minimum atomic E-state index is 0.417. The van der Waals surface area contributed by atoms with Crippen LogP contribution in [0.5, 0.6) is 0 Å². The fourth-order valence-electron chi connectivity index (χ4n) is 22.0. The molecule has 0 aromatic rings. The lowest BCUT2D eigenvalue weighted by Crippen LogP contribution is -2.63. The molecule has 0 N–H and O–H groups in total. The SMILES string of the molecule is CC(C)N1CCC2(CC1)CCN(C(C)C)C2.CC(C)N1CCC2(CCCCN2C(C)C)C1.CC(C)N1CCC2(CCCN2C(C)C)CC1.CC(C)N1CCCC2(CCCN2C(C)C)C1.CC(C)N1CCCC2(CCN(C(C)C)C2)C1.CC(C)N1CCCCC12CCCN2C(C)C. The molecule has 12 heteroatoms. The fourth-order valence-corrected chi connectivity index (χ4v) is 22.0. The monoisotopic (exact) mass is 1350 g/mol. The van der Waals surface area contributed by atoms with Gasteiger partial charge in [-0.2, -0.15) is 0 Å². The van der Waals surface area contributed by atoms with Crippen LogP contribution in [-0.4, -0.2) is 278 Å².